The monoisotopic (exact) mass is 345 g/mol. The van der Waals surface area contributed by atoms with Crippen LogP contribution in [0.25, 0.3) is 11.3 Å². The number of H-pyrrole nitrogens is 1. The first-order chi connectivity index (χ1) is 12.6. The SMILES string of the molecule is Cc1c[nH]c(-c2ccc(CN3CCCc4cc(C(N)=O)ccc43)cc2)c1. The Morgan fingerprint density at radius 2 is 1.96 bits per heavy atom. The van der Waals surface area contributed by atoms with Gasteiger partial charge in [-0.15, -0.1) is 0 Å². The number of anilines is 1. The normalized spacial score (nSPS) is 13.5. The van der Waals surface area contributed by atoms with Crippen LogP contribution in [0.1, 0.15) is 33.5 Å². The third-order valence-electron chi connectivity index (χ3n) is 5.04. The third-order valence-corrected chi connectivity index (χ3v) is 5.04. The van der Waals surface area contributed by atoms with E-state index < -0.39 is 0 Å². The average molecular weight is 345 g/mol. The van der Waals surface area contributed by atoms with Crippen LogP contribution in [0.3, 0.4) is 0 Å². The predicted molar refractivity (Wildman–Crippen MR) is 105 cm³/mol. The van der Waals surface area contributed by atoms with E-state index >= 15 is 0 Å². The van der Waals surface area contributed by atoms with E-state index in [4.69, 9.17) is 5.73 Å². The topological polar surface area (TPSA) is 62.1 Å². The summed E-state index contributed by atoms with van der Waals surface area (Å²) in [5.41, 5.74) is 13.3. The van der Waals surface area contributed by atoms with Gasteiger partial charge in [0.15, 0.2) is 0 Å². The number of nitrogens with one attached hydrogen (secondary N) is 1. The fraction of sp³-hybridized carbons (Fsp3) is 0.227. The van der Waals surface area contributed by atoms with E-state index in [1.165, 1.54) is 27.9 Å². The molecule has 26 heavy (non-hydrogen) atoms. The zero-order valence-corrected chi connectivity index (χ0v) is 15.0. The van der Waals surface area contributed by atoms with Crippen molar-refractivity contribution in [2.45, 2.75) is 26.3 Å². The summed E-state index contributed by atoms with van der Waals surface area (Å²) in [5.74, 6) is -0.361. The Kier molecular flexibility index (Phi) is 4.25. The molecular weight excluding hydrogens is 322 g/mol. The minimum absolute atomic E-state index is 0.361. The Balaban J connectivity index is 1.54. The van der Waals surface area contributed by atoms with Crippen LogP contribution in [0.15, 0.2) is 54.7 Å². The molecule has 2 aromatic carbocycles. The van der Waals surface area contributed by atoms with E-state index in [-0.39, 0.29) is 5.91 Å². The van der Waals surface area contributed by atoms with Crippen LogP contribution in [0.4, 0.5) is 5.69 Å². The van der Waals surface area contributed by atoms with E-state index in [1.54, 1.807) is 0 Å². The van der Waals surface area contributed by atoms with Crippen molar-refractivity contribution in [3.05, 3.63) is 77.0 Å². The number of aromatic nitrogens is 1. The maximum absolute atomic E-state index is 11.4. The molecule has 0 spiro atoms. The first-order valence-electron chi connectivity index (χ1n) is 9.02. The van der Waals surface area contributed by atoms with Crippen LogP contribution in [0, 0.1) is 6.92 Å². The molecule has 0 aliphatic carbocycles. The zero-order valence-electron chi connectivity index (χ0n) is 15.0. The van der Waals surface area contributed by atoms with Gasteiger partial charge in [-0.2, -0.15) is 0 Å². The Morgan fingerprint density at radius 3 is 2.65 bits per heavy atom. The van der Waals surface area contributed by atoms with E-state index in [2.05, 4.69) is 47.1 Å². The van der Waals surface area contributed by atoms with E-state index in [9.17, 15) is 4.79 Å². The molecule has 3 N–H and O–H groups in total. The second-order valence-corrected chi connectivity index (χ2v) is 7.02. The second kappa shape index (κ2) is 6.71. The number of aryl methyl sites for hydroxylation is 2. The van der Waals surface area contributed by atoms with Crippen LogP contribution < -0.4 is 10.6 Å². The number of carbonyl (C=O) groups excluding carboxylic acids is 1. The fourth-order valence-electron chi connectivity index (χ4n) is 3.67. The summed E-state index contributed by atoms with van der Waals surface area (Å²) in [6.07, 6.45) is 4.11. The van der Waals surface area contributed by atoms with Gasteiger partial charge < -0.3 is 15.6 Å². The van der Waals surface area contributed by atoms with Crippen LogP contribution >= 0.6 is 0 Å². The molecular formula is C22H23N3O. The largest absolute Gasteiger partial charge is 0.367 e. The molecule has 4 heteroatoms. The fourth-order valence-corrected chi connectivity index (χ4v) is 3.67. The van der Waals surface area contributed by atoms with Gasteiger partial charge >= 0.3 is 0 Å². The Bertz CT molecular complexity index is 940. The van der Waals surface area contributed by atoms with Crippen molar-refractivity contribution in [3.63, 3.8) is 0 Å². The first kappa shape index (κ1) is 16.5. The number of hydrogen-bond acceptors (Lipinski definition) is 2. The number of aromatic amines is 1. The number of benzene rings is 2. The molecule has 1 aromatic heterocycles. The second-order valence-electron chi connectivity index (χ2n) is 7.02. The number of primary amides is 1. The molecule has 0 saturated carbocycles. The van der Waals surface area contributed by atoms with Gasteiger partial charge in [0.05, 0.1) is 0 Å². The van der Waals surface area contributed by atoms with Crippen molar-refractivity contribution in [3.8, 4) is 11.3 Å². The maximum atomic E-state index is 11.4. The van der Waals surface area contributed by atoms with Crippen LogP contribution in [0.5, 0.6) is 0 Å². The number of hydrogen-bond donors (Lipinski definition) is 2. The molecule has 1 amide bonds. The average Bonchev–Trinajstić information content (AvgIpc) is 3.08. The summed E-state index contributed by atoms with van der Waals surface area (Å²) in [6, 6.07) is 16.7. The van der Waals surface area contributed by atoms with Crippen LogP contribution in [-0.2, 0) is 13.0 Å². The lowest BCUT2D eigenvalue weighted by Crippen LogP contribution is -2.29. The quantitative estimate of drug-likeness (QED) is 0.749. The maximum Gasteiger partial charge on any atom is 0.248 e. The minimum Gasteiger partial charge on any atom is -0.367 e. The van der Waals surface area contributed by atoms with Crippen molar-refractivity contribution in [2.75, 3.05) is 11.4 Å². The lowest BCUT2D eigenvalue weighted by atomic mass is 9.98. The number of nitrogens with two attached hydrogens (primary N) is 1. The molecule has 0 radical (unpaired) electrons. The number of carbonyl (C=O) groups is 1. The highest BCUT2D eigenvalue weighted by Gasteiger charge is 2.18. The Morgan fingerprint density at radius 1 is 1.15 bits per heavy atom. The van der Waals surface area contributed by atoms with E-state index in [1.807, 2.05) is 24.4 Å². The highest BCUT2D eigenvalue weighted by molar-refractivity contribution is 5.93. The van der Waals surface area contributed by atoms with Crippen molar-refractivity contribution in [2.24, 2.45) is 5.73 Å². The molecule has 0 atom stereocenters. The summed E-state index contributed by atoms with van der Waals surface area (Å²) in [6.45, 7) is 3.99. The smallest absolute Gasteiger partial charge is 0.248 e. The number of fused-ring (bicyclic) bond motifs is 1. The van der Waals surface area contributed by atoms with Crippen molar-refractivity contribution in [1.82, 2.24) is 4.98 Å². The predicted octanol–water partition coefficient (Wildman–Crippen LogP) is 4.04. The molecule has 2 heterocycles. The molecule has 0 bridgehead atoms. The van der Waals surface area contributed by atoms with Gasteiger partial charge in [-0.1, -0.05) is 24.3 Å². The molecule has 4 rings (SSSR count). The minimum atomic E-state index is -0.361. The van der Waals surface area contributed by atoms with Gasteiger partial charge in [-0.25, -0.2) is 0 Å². The van der Waals surface area contributed by atoms with Crippen molar-refractivity contribution >= 4 is 11.6 Å². The molecule has 0 unspecified atom stereocenters. The van der Waals surface area contributed by atoms with E-state index in [0.717, 1.165) is 31.6 Å². The highest BCUT2D eigenvalue weighted by atomic mass is 16.1. The Hall–Kier alpha value is -3.01. The van der Waals surface area contributed by atoms with Crippen LogP contribution in [-0.4, -0.2) is 17.4 Å². The summed E-state index contributed by atoms with van der Waals surface area (Å²) in [7, 11) is 0. The lowest BCUT2D eigenvalue weighted by Gasteiger charge is -2.31. The molecule has 1 aliphatic rings. The van der Waals surface area contributed by atoms with Crippen molar-refractivity contribution < 1.29 is 4.79 Å². The van der Waals surface area contributed by atoms with Gasteiger partial charge in [0.25, 0.3) is 0 Å². The number of nitrogens with zero attached hydrogens (tertiary/aromatic N) is 1. The highest BCUT2D eigenvalue weighted by Crippen LogP contribution is 2.30. The first-order valence-corrected chi connectivity index (χ1v) is 9.02. The number of amides is 1. The molecule has 132 valence electrons. The number of rotatable bonds is 4. The molecule has 1 aliphatic heterocycles. The van der Waals surface area contributed by atoms with E-state index in [0.29, 0.717) is 5.56 Å². The van der Waals surface area contributed by atoms with Gasteiger partial charge in [0.2, 0.25) is 5.91 Å². The zero-order chi connectivity index (χ0) is 18.1. The summed E-state index contributed by atoms with van der Waals surface area (Å²) in [4.78, 5) is 17.1. The van der Waals surface area contributed by atoms with Crippen LogP contribution in [0.2, 0.25) is 0 Å². The molecule has 0 fully saturated rings. The van der Waals surface area contributed by atoms with Gasteiger partial charge in [0.1, 0.15) is 0 Å². The van der Waals surface area contributed by atoms with Gasteiger partial charge in [-0.05, 0) is 66.3 Å². The third kappa shape index (κ3) is 3.23. The summed E-state index contributed by atoms with van der Waals surface area (Å²) >= 11 is 0. The van der Waals surface area contributed by atoms with Gasteiger partial charge in [0, 0.05) is 36.2 Å². The van der Waals surface area contributed by atoms with Crippen molar-refractivity contribution in [1.29, 1.82) is 0 Å². The summed E-state index contributed by atoms with van der Waals surface area (Å²) < 4.78 is 0. The Labute approximate surface area is 153 Å². The lowest BCUT2D eigenvalue weighted by molar-refractivity contribution is 0.1000. The standard InChI is InChI=1S/C22H23N3O/c1-15-11-20(24-13-15)17-6-4-16(5-7-17)14-25-10-2-3-18-12-19(22(23)26)8-9-21(18)25/h4-9,11-13,24H,2-3,10,14H2,1H3,(H2,23,26). The molecule has 4 nitrogen and oxygen atoms in total. The molecule has 3 aromatic rings. The summed E-state index contributed by atoms with van der Waals surface area (Å²) in [5, 5.41) is 0. The van der Waals surface area contributed by atoms with Gasteiger partial charge in [-0.3, -0.25) is 4.79 Å². The molecule has 0 saturated heterocycles.